The van der Waals surface area contributed by atoms with Gasteiger partial charge in [0, 0.05) is 0 Å². The van der Waals surface area contributed by atoms with Crippen LogP contribution in [0.25, 0.3) is 0 Å². The summed E-state index contributed by atoms with van der Waals surface area (Å²) in [6, 6.07) is 0. The molecule has 0 unspecified atom stereocenters. The van der Waals surface area contributed by atoms with Gasteiger partial charge in [-0.2, -0.15) is 6.08 Å². The topological polar surface area (TPSA) is 69.2 Å². The Morgan fingerprint density at radius 2 is 1.19 bits per heavy atom. The summed E-state index contributed by atoms with van der Waals surface area (Å²) in [6.45, 7) is 22.4. The molecule has 0 aromatic rings. The zero-order chi connectivity index (χ0) is 24.3. The molecule has 0 radical (unpaired) electrons. The first-order valence-electron chi connectivity index (χ1n) is 10.8. The van der Waals surface area contributed by atoms with Crippen LogP contribution < -0.4 is 15.3 Å². The van der Waals surface area contributed by atoms with Crippen molar-refractivity contribution in [1.29, 1.82) is 0 Å². The standard InChI is InChI=1S/C9H13.3C6H11O.Zr/c1-2-3-6-9-7-4-5-8-9;3*1-4-5-6(2,3)7;/h4,7H,2-3,5-6H2,1H3;3*4H,1,5H2,2-3H3;/q4*-1;+4. The normalized spacial score (nSPS) is 12.4. The fraction of sp³-hybridized carbons (Fsp3) is 0.630. The zero-order valence-electron chi connectivity index (χ0n) is 21.2. The molecule has 1 rings (SSSR count). The monoisotopic (exact) mass is 508 g/mol. The summed E-state index contributed by atoms with van der Waals surface area (Å²) in [4.78, 5) is 0. The van der Waals surface area contributed by atoms with Crippen molar-refractivity contribution in [3.63, 3.8) is 0 Å². The van der Waals surface area contributed by atoms with Gasteiger partial charge >= 0.3 is 26.2 Å². The van der Waals surface area contributed by atoms with E-state index in [1.54, 1.807) is 59.8 Å². The molecule has 0 atom stereocenters. The van der Waals surface area contributed by atoms with Gasteiger partial charge < -0.3 is 15.3 Å². The average molecular weight is 510 g/mol. The Bertz CT molecular complexity index is 450. The molecule has 0 heterocycles. The Kier molecular flexibility index (Phi) is 26.0. The summed E-state index contributed by atoms with van der Waals surface area (Å²) in [7, 11) is 0. The molecule has 3 nitrogen and oxygen atoms in total. The second kappa shape index (κ2) is 21.3. The number of rotatable bonds is 9. The predicted octanol–water partition coefficient (Wildman–Crippen LogP) is 4.97. The van der Waals surface area contributed by atoms with Crippen molar-refractivity contribution in [2.75, 3.05) is 0 Å². The van der Waals surface area contributed by atoms with Gasteiger partial charge in [0.05, 0.1) is 0 Å². The van der Waals surface area contributed by atoms with Crippen molar-refractivity contribution in [3.05, 3.63) is 61.8 Å². The molecule has 0 saturated heterocycles. The van der Waals surface area contributed by atoms with Crippen LogP contribution in [0.15, 0.2) is 55.7 Å². The molecule has 0 N–H and O–H groups in total. The van der Waals surface area contributed by atoms with Crippen LogP contribution in [0.2, 0.25) is 0 Å². The van der Waals surface area contributed by atoms with Crippen LogP contribution >= 0.6 is 0 Å². The van der Waals surface area contributed by atoms with Crippen LogP contribution in [0.5, 0.6) is 0 Å². The van der Waals surface area contributed by atoms with Gasteiger partial charge in [-0.1, -0.05) is 86.0 Å². The molecule has 1 aliphatic rings. The van der Waals surface area contributed by atoms with Crippen molar-refractivity contribution in [1.82, 2.24) is 0 Å². The smallest absolute Gasteiger partial charge is 0.850 e. The SMILES string of the molecule is C=CCC(C)(C)[O-].C=CCC(C)(C)[O-].C=CCC(C)(C)[O-].CCCCC1=[C-]CC=C1.[Zr+4]. The maximum Gasteiger partial charge on any atom is 4.00 e. The average Bonchev–Trinajstić information content (AvgIpc) is 3.04. The second-order valence-electron chi connectivity index (χ2n) is 9.17. The largest absolute Gasteiger partial charge is 4.00 e. The molecule has 31 heavy (non-hydrogen) atoms. The number of unbranched alkanes of at least 4 members (excludes halogenated alkanes) is 1. The van der Waals surface area contributed by atoms with Crippen molar-refractivity contribution >= 4 is 0 Å². The van der Waals surface area contributed by atoms with E-state index < -0.39 is 16.8 Å². The maximum atomic E-state index is 10.6. The van der Waals surface area contributed by atoms with Crippen molar-refractivity contribution < 1.29 is 41.5 Å². The van der Waals surface area contributed by atoms with Crippen LogP contribution in [0.3, 0.4) is 0 Å². The minimum absolute atomic E-state index is 0. The van der Waals surface area contributed by atoms with Crippen molar-refractivity contribution in [2.24, 2.45) is 0 Å². The molecule has 1 aliphatic carbocycles. The van der Waals surface area contributed by atoms with E-state index in [0.29, 0.717) is 19.3 Å². The van der Waals surface area contributed by atoms with Gasteiger partial charge in [0.2, 0.25) is 0 Å². The van der Waals surface area contributed by atoms with Gasteiger partial charge in [-0.05, 0) is 19.3 Å². The summed E-state index contributed by atoms with van der Waals surface area (Å²) in [5, 5.41) is 31.9. The van der Waals surface area contributed by atoms with Gasteiger partial charge in [-0.3, -0.25) is 6.08 Å². The van der Waals surface area contributed by atoms with Gasteiger partial charge in [0.15, 0.2) is 0 Å². The Hall–Kier alpha value is -0.537. The molecule has 0 spiro atoms. The molecule has 0 bridgehead atoms. The van der Waals surface area contributed by atoms with Crippen LogP contribution in [-0.2, 0) is 26.2 Å². The molecule has 4 heteroatoms. The molecule has 0 amide bonds. The first kappa shape index (κ1) is 37.8. The number of hydrogen-bond donors (Lipinski definition) is 0. The Morgan fingerprint density at radius 3 is 1.35 bits per heavy atom. The summed E-state index contributed by atoms with van der Waals surface area (Å²) in [5.74, 6) is 0. The van der Waals surface area contributed by atoms with Gasteiger partial charge in [-0.25, -0.2) is 11.6 Å². The van der Waals surface area contributed by atoms with Crippen LogP contribution in [0.4, 0.5) is 0 Å². The Morgan fingerprint density at radius 1 is 0.839 bits per heavy atom. The fourth-order valence-corrected chi connectivity index (χ4v) is 2.03. The predicted molar refractivity (Wildman–Crippen MR) is 127 cm³/mol. The first-order chi connectivity index (χ1) is 13.6. The molecule has 0 saturated carbocycles. The van der Waals surface area contributed by atoms with E-state index in [1.165, 1.54) is 24.8 Å². The third-order valence-electron chi connectivity index (χ3n) is 3.47. The molecule has 0 aliphatic heterocycles. The minimum atomic E-state index is -0.818. The Labute approximate surface area is 212 Å². The van der Waals surface area contributed by atoms with E-state index in [9.17, 15) is 15.3 Å². The third-order valence-corrected chi connectivity index (χ3v) is 3.47. The third kappa shape index (κ3) is 44.0. The van der Waals surface area contributed by atoms with Crippen LogP contribution in [-0.4, -0.2) is 16.8 Å². The van der Waals surface area contributed by atoms with E-state index >= 15 is 0 Å². The van der Waals surface area contributed by atoms with E-state index in [0.717, 1.165) is 6.42 Å². The van der Waals surface area contributed by atoms with Gasteiger partial charge in [0.1, 0.15) is 0 Å². The summed E-state index contributed by atoms with van der Waals surface area (Å²) >= 11 is 0. The van der Waals surface area contributed by atoms with E-state index in [4.69, 9.17) is 0 Å². The molecular weight excluding hydrogens is 464 g/mol. The minimum Gasteiger partial charge on any atom is -0.850 e. The first-order valence-corrected chi connectivity index (χ1v) is 10.8. The van der Waals surface area contributed by atoms with E-state index in [2.05, 4.69) is 44.9 Å². The van der Waals surface area contributed by atoms with Gasteiger partial charge in [0.25, 0.3) is 0 Å². The Balaban J connectivity index is -0.000000156. The summed E-state index contributed by atoms with van der Waals surface area (Å²) in [6.07, 6.45) is 19.1. The van der Waals surface area contributed by atoms with Crippen molar-refractivity contribution in [3.8, 4) is 0 Å². The zero-order valence-corrected chi connectivity index (χ0v) is 23.6. The van der Waals surface area contributed by atoms with Crippen LogP contribution in [0, 0.1) is 6.08 Å². The quantitative estimate of drug-likeness (QED) is 0.325. The molecule has 0 fully saturated rings. The maximum absolute atomic E-state index is 10.6. The summed E-state index contributed by atoms with van der Waals surface area (Å²) < 4.78 is 0. The van der Waals surface area contributed by atoms with E-state index in [-0.39, 0.29) is 26.2 Å². The van der Waals surface area contributed by atoms with Crippen LogP contribution in [0.1, 0.15) is 93.4 Å². The fourth-order valence-electron chi connectivity index (χ4n) is 2.03. The molecule has 0 aromatic carbocycles. The molecule has 176 valence electrons. The van der Waals surface area contributed by atoms with Crippen molar-refractivity contribution in [2.45, 2.75) is 110 Å². The molecule has 0 aromatic heterocycles. The second-order valence-corrected chi connectivity index (χ2v) is 9.17. The number of hydrogen-bond acceptors (Lipinski definition) is 3. The summed E-state index contributed by atoms with van der Waals surface area (Å²) in [5.41, 5.74) is -1.04. The number of allylic oxidation sites excluding steroid dienone is 4. The van der Waals surface area contributed by atoms with Gasteiger partial charge in [-0.15, -0.1) is 43.0 Å². The molecular formula is C27H46O3Zr. The van der Waals surface area contributed by atoms with E-state index in [1.807, 2.05) is 0 Å².